The Morgan fingerprint density at radius 2 is 1.86 bits per heavy atom. The zero-order chi connectivity index (χ0) is 16.4. The van der Waals surface area contributed by atoms with Crippen molar-refractivity contribution >= 4 is 21.4 Å². The molecular weight excluding hydrogens is 309 g/mol. The molecule has 5 nitrogen and oxygen atoms in total. The van der Waals surface area contributed by atoms with Crippen LogP contribution in [0.1, 0.15) is 16.8 Å². The average molecular weight is 324 g/mol. The first kappa shape index (κ1) is 17.3. The van der Waals surface area contributed by atoms with Gasteiger partial charge in [-0.15, -0.1) is 0 Å². The van der Waals surface area contributed by atoms with Gasteiger partial charge < -0.3 is 10.6 Å². The molecule has 9 heteroatoms. The average Bonchev–Trinajstić information content (AvgIpc) is 2.32. The van der Waals surface area contributed by atoms with E-state index in [1.54, 1.807) is 0 Å². The van der Waals surface area contributed by atoms with E-state index in [4.69, 9.17) is 5.73 Å². The fraction of sp³-hybridized carbons (Fsp3) is 0.417. The van der Waals surface area contributed by atoms with E-state index in [1.165, 1.54) is 19.2 Å². The number of carbonyl (C=O) groups excluding carboxylic acids is 1. The summed E-state index contributed by atoms with van der Waals surface area (Å²) in [6.45, 7) is -0.522. The zero-order valence-electron chi connectivity index (χ0n) is 11.4. The van der Waals surface area contributed by atoms with Gasteiger partial charge in [0.05, 0.1) is 11.3 Å². The molecule has 21 heavy (non-hydrogen) atoms. The van der Waals surface area contributed by atoms with Crippen LogP contribution in [0.25, 0.3) is 0 Å². The number of hydrogen-bond acceptors (Lipinski definition) is 4. The zero-order valence-corrected chi connectivity index (χ0v) is 12.3. The lowest BCUT2D eigenvalue weighted by atomic mass is 10.1. The number of rotatable bonds is 4. The Morgan fingerprint density at radius 1 is 1.29 bits per heavy atom. The van der Waals surface area contributed by atoms with Crippen molar-refractivity contribution in [3.05, 3.63) is 23.8 Å². The van der Waals surface area contributed by atoms with Crippen LogP contribution >= 0.6 is 0 Å². The molecule has 0 radical (unpaired) electrons. The van der Waals surface area contributed by atoms with Crippen molar-refractivity contribution in [1.82, 2.24) is 4.90 Å². The van der Waals surface area contributed by atoms with E-state index >= 15 is 0 Å². The molecule has 0 aromatic heterocycles. The maximum Gasteiger partial charge on any atom is 0.390 e. The minimum atomic E-state index is -4.37. The number of nitrogen functional groups attached to an aromatic ring is 1. The Bertz CT molecular complexity index is 642. The van der Waals surface area contributed by atoms with Gasteiger partial charge in [0.25, 0.3) is 5.91 Å². The van der Waals surface area contributed by atoms with E-state index in [1.807, 2.05) is 0 Å². The Labute approximate surface area is 120 Å². The van der Waals surface area contributed by atoms with Crippen molar-refractivity contribution < 1.29 is 26.4 Å². The molecule has 2 N–H and O–H groups in total. The van der Waals surface area contributed by atoms with E-state index in [0.29, 0.717) is 0 Å². The molecule has 118 valence electrons. The van der Waals surface area contributed by atoms with Crippen LogP contribution in [0.15, 0.2) is 23.1 Å². The standard InChI is InChI=1S/C12H15F3N2O3S/c1-17(4-3-12(13,14)15)11(18)8-5-9(16)7-10(6-8)21(2,19)20/h5-7H,3-4,16H2,1-2H3. The fourth-order valence-corrected chi connectivity index (χ4v) is 2.27. The molecule has 0 unspecified atom stereocenters. The summed E-state index contributed by atoms with van der Waals surface area (Å²) in [5.41, 5.74) is 5.50. The van der Waals surface area contributed by atoms with Crippen LogP contribution in [0, 0.1) is 0 Å². The predicted molar refractivity (Wildman–Crippen MR) is 71.6 cm³/mol. The van der Waals surface area contributed by atoms with Gasteiger partial charge >= 0.3 is 6.18 Å². The number of carbonyl (C=O) groups is 1. The first-order chi connectivity index (χ1) is 9.40. The number of halogens is 3. The lowest BCUT2D eigenvalue weighted by Gasteiger charge is -2.18. The van der Waals surface area contributed by atoms with E-state index in [-0.39, 0.29) is 16.1 Å². The van der Waals surface area contributed by atoms with Crippen molar-refractivity contribution in [3.63, 3.8) is 0 Å². The molecule has 0 atom stereocenters. The summed E-state index contributed by atoms with van der Waals surface area (Å²) in [5, 5.41) is 0. The molecule has 0 aliphatic carbocycles. The highest BCUT2D eigenvalue weighted by atomic mass is 32.2. The monoisotopic (exact) mass is 324 g/mol. The second-order valence-electron chi connectivity index (χ2n) is 4.65. The Hall–Kier alpha value is -1.77. The number of benzene rings is 1. The largest absolute Gasteiger partial charge is 0.399 e. The van der Waals surface area contributed by atoms with Gasteiger partial charge in [0, 0.05) is 31.1 Å². The fourth-order valence-electron chi connectivity index (χ4n) is 1.58. The van der Waals surface area contributed by atoms with Gasteiger partial charge in [0.1, 0.15) is 0 Å². The molecule has 0 saturated heterocycles. The maximum absolute atomic E-state index is 12.1. The van der Waals surface area contributed by atoms with Gasteiger partial charge in [-0.25, -0.2) is 8.42 Å². The minimum Gasteiger partial charge on any atom is -0.399 e. The van der Waals surface area contributed by atoms with Crippen LogP contribution in [-0.2, 0) is 9.84 Å². The number of nitrogens with zero attached hydrogens (tertiary/aromatic N) is 1. The van der Waals surface area contributed by atoms with Gasteiger partial charge in [-0.05, 0) is 18.2 Å². The first-order valence-electron chi connectivity index (χ1n) is 5.83. The summed E-state index contributed by atoms with van der Waals surface area (Å²) in [6, 6.07) is 3.50. The molecule has 0 spiro atoms. The van der Waals surface area contributed by atoms with Crippen molar-refractivity contribution in [1.29, 1.82) is 0 Å². The second kappa shape index (κ2) is 5.92. The minimum absolute atomic E-state index is 0.0468. The maximum atomic E-state index is 12.1. The summed E-state index contributed by atoms with van der Waals surface area (Å²) in [5.74, 6) is -0.726. The van der Waals surface area contributed by atoms with Crippen LogP contribution < -0.4 is 5.73 Å². The lowest BCUT2D eigenvalue weighted by Crippen LogP contribution is -2.30. The number of hydrogen-bond donors (Lipinski definition) is 1. The molecule has 0 aliphatic rings. The topological polar surface area (TPSA) is 80.5 Å². The second-order valence-corrected chi connectivity index (χ2v) is 6.67. The van der Waals surface area contributed by atoms with Crippen LogP contribution in [0.4, 0.5) is 18.9 Å². The molecule has 0 heterocycles. The predicted octanol–water partition coefficient (Wildman–Crippen LogP) is 1.70. The summed E-state index contributed by atoms with van der Waals surface area (Å²) >= 11 is 0. The van der Waals surface area contributed by atoms with Gasteiger partial charge in [0.2, 0.25) is 0 Å². The quantitative estimate of drug-likeness (QED) is 0.855. The number of sulfone groups is 1. The van der Waals surface area contributed by atoms with Gasteiger partial charge in [-0.2, -0.15) is 13.2 Å². The van der Waals surface area contributed by atoms with Crippen molar-refractivity contribution in [3.8, 4) is 0 Å². The highest BCUT2D eigenvalue weighted by Gasteiger charge is 2.28. The number of anilines is 1. The third-order valence-electron chi connectivity index (χ3n) is 2.68. The number of nitrogens with two attached hydrogens (primary N) is 1. The van der Waals surface area contributed by atoms with E-state index < -0.39 is 34.9 Å². The molecule has 1 rings (SSSR count). The van der Waals surface area contributed by atoms with Crippen molar-refractivity contribution in [2.24, 2.45) is 0 Å². The summed E-state index contributed by atoms with van der Waals surface area (Å²) < 4.78 is 59.3. The summed E-state index contributed by atoms with van der Waals surface area (Å²) in [4.78, 5) is 12.7. The van der Waals surface area contributed by atoms with E-state index in [9.17, 15) is 26.4 Å². The van der Waals surface area contributed by atoms with E-state index in [2.05, 4.69) is 0 Å². The van der Waals surface area contributed by atoms with Gasteiger partial charge in [-0.3, -0.25) is 4.79 Å². The van der Waals surface area contributed by atoms with Crippen LogP contribution in [0.2, 0.25) is 0 Å². The Balaban J connectivity index is 3.00. The summed E-state index contributed by atoms with van der Waals surface area (Å²) in [6.07, 6.45) is -4.57. The molecule has 0 aliphatic heterocycles. The smallest absolute Gasteiger partial charge is 0.390 e. The van der Waals surface area contributed by atoms with Crippen molar-refractivity contribution in [2.75, 3.05) is 25.6 Å². The molecular formula is C12H15F3N2O3S. The Kier molecular flexibility index (Phi) is 4.87. The number of amides is 1. The molecule has 0 saturated carbocycles. The van der Waals surface area contributed by atoms with Crippen molar-refractivity contribution in [2.45, 2.75) is 17.5 Å². The van der Waals surface area contributed by atoms with Gasteiger partial charge in [0.15, 0.2) is 9.84 Å². The SMILES string of the molecule is CN(CCC(F)(F)F)C(=O)c1cc(N)cc(S(C)(=O)=O)c1. The third kappa shape index (κ3) is 5.25. The molecule has 0 fully saturated rings. The van der Waals surface area contributed by atoms with Crippen LogP contribution in [-0.4, -0.2) is 45.2 Å². The summed E-state index contributed by atoms with van der Waals surface area (Å²) in [7, 11) is -2.37. The molecule has 1 aromatic rings. The Morgan fingerprint density at radius 3 is 2.33 bits per heavy atom. The lowest BCUT2D eigenvalue weighted by molar-refractivity contribution is -0.136. The molecule has 1 aromatic carbocycles. The van der Waals surface area contributed by atoms with E-state index in [0.717, 1.165) is 17.2 Å². The molecule has 1 amide bonds. The highest BCUT2D eigenvalue weighted by molar-refractivity contribution is 7.90. The van der Waals surface area contributed by atoms with Gasteiger partial charge in [-0.1, -0.05) is 0 Å². The van der Waals surface area contributed by atoms with Crippen LogP contribution in [0.5, 0.6) is 0 Å². The first-order valence-corrected chi connectivity index (χ1v) is 7.72. The normalized spacial score (nSPS) is 12.2. The third-order valence-corrected chi connectivity index (χ3v) is 3.77. The van der Waals surface area contributed by atoms with Crippen LogP contribution in [0.3, 0.4) is 0 Å². The molecule has 0 bridgehead atoms. The number of alkyl halides is 3. The highest BCUT2D eigenvalue weighted by Crippen LogP contribution is 2.21.